The summed E-state index contributed by atoms with van der Waals surface area (Å²) >= 11 is 11.8. The molecular formula is C10H22Cl2N2. The van der Waals surface area contributed by atoms with Gasteiger partial charge in [-0.1, -0.05) is 6.92 Å². The summed E-state index contributed by atoms with van der Waals surface area (Å²) in [4.78, 5) is 2.18. The van der Waals surface area contributed by atoms with Crippen molar-refractivity contribution in [1.29, 1.82) is 0 Å². The van der Waals surface area contributed by atoms with Crippen molar-refractivity contribution in [3.05, 3.63) is 0 Å². The molecule has 0 bridgehead atoms. The monoisotopic (exact) mass is 240 g/mol. The van der Waals surface area contributed by atoms with Crippen molar-refractivity contribution in [2.24, 2.45) is 0 Å². The smallest absolute Gasteiger partial charge is 0.0451 e. The molecular weight excluding hydrogens is 219 g/mol. The zero-order chi connectivity index (χ0) is 11.0. The standard InChI is InChI=1S/C10H22Cl2N2/c1-4-10(8-11,9-12)13-6-5-7-14(2)3/h13H,4-9H2,1-3H3. The molecule has 0 unspecified atom stereocenters. The van der Waals surface area contributed by atoms with E-state index in [1.165, 1.54) is 0 Å². The Balaban J connectivity index is 3.71. The molecule has 1 N–H and O–H groups in total. The van der Waals surface area contributed by atoms with Gasteiger partial charge in [0, 0.05) is 17.3 Å². The number of hydrogen-bond acceptors (Lipinski definition) is 2. The van der Waals surface area contributed by atoms with E-state index < -0.39 is 0 Å². The minimum Gasteiger partial charge on any atom is -0.309 e. The number of nitrogens with zero attached hydrogens (tertiary/aromatic N) is 1. The number of alkyl halides is 2. The maximum atomic E-state index is 5.91. The normalized spacial score (nSPS) is 12.4. The van der Waals surface area contributed by atoms with Crippen LogP contribution < -0.4 is 5.32 Å². The van der Waals surface area contributed by atoms with Crippen molar-refractivity contribution in [3.63, 3.8) is 0 Å². The Morgan fingerprint density at radius 3 is 2.14 bits per heavy atom. The van der Waals surface area contributed by atoms with Gasteiger partial charge in [0.25, 0.3) is 0 Å². The molecule has 0 aliphatic heterocycles. The first-order chi connectivity index (χ1) is 6.60. The highest BCUT2D eigenvalue weighted by molar-refractivity contribution is 6.22. The van der Waals surface area contributed by atoms with Crippen LogP contribution in [-0.4, -0.2) is 49.4 Å². The lowest BCUT2D eigenvalue weighted by atomic mass is 10.0. The number of hydrogen-bond donors (Lipinski definition) is 1. The van der Waals surface area contributed by atoms with E-state index in [0.29, 0.717) is 11.8 Å². The van der Waals surface area contributed by atoms with E-state index in [1.807, 2.05) is 0 Å². The van der Waals surface area contributed by atoms with Crippen molar-refractivity contribution in [2.75, 3.05) is 38.9 Å². The van der Waals surface area contributed by atoms with Gasteiger partial charge in [0.05, 0.1) is 0 Å². The molecule has 86 valence electrons. The summed E-state index contributed by atoms with van der Waals surface area (Å²) in [5.74, 6) is 1.16. The van der Waals surface area contributed by atoms with Gasteiger partial charge >= 0.3 is 0 Å². The van der Waals surface area contributed by atoms with Gasteiger partial charge < -0.3 is 10.2 Å². The molecule has 0 atom stereocenters. The van der Waals surface area contributed by atoms with E-state index in [4.69, 9.17) is 23.2 Å². The van der Waals surface area contributed by atoms with Gasteiger partial charge in [0.15, 0.2) is 0 Å². The van der Waals surface area contributed by atoms with E-state index in [0.717, 1.165) is 25.9 Å². The first-order valence-electron chi connectivity index (χ1n) is 5.12. The van der Waals surface area contributed by atoms with Crippen LogP contribution in [0.3, 0.4) is 0 Å². The minimum absolute atomic E-state index is 0.0740. The number of rotatable bonds is 8. The Labute approximate surface area is 97.9 Å². The largest absolute Gasteiger partial charge is 0.309 e. The van der Waals surface area contributed by atoms with Gasteiger partial charge in [0.2, 0.25) is 0 Å². The quantitative estimate of drug-likeness (QED) is 0.517. The SMILES string of the molecule is CCC(CCl)(CCl)NCCCN(C)C. The van der Waals surface area contributed by atoms with Crippen LogP contribution in [0.4, 0.5) is 0 Å². The average molecular weight is 241 g/mol. The summed E-state index contributed by atoms with van der Waals surface area (Å²) < 4.78 is 0. The molecule has 0 rings (SSSR count). The Kier molecular flexibility index (Phi) is 8.02. The lowest BCUT2D eigenvalue weighted by molar-refractivity contribution is 0.350. The van der Waals surface area contributed by atoms with Crippen LogP contribution in [0.15, 0.2) is 0 Å². The molecule has 0 radical (unpaired) electrons. The topological polar surface area (TPSA) is 15.3 Å². The Bertz CT molecular complexity index is 128. The molecule has 0 aliphatic carbocycles. The summed E-state index contributed by atoms with van der Waals surface area (Å²) in [6.45, 7) is 4.19. The van der Waals surface area contributed by atoms with Crippen LogP contribution >= 0.6 is 23.2 Å². The van der Waals surface area contributed by atoms with Crippen LogP contribution in [0.1, 0.15) is 19.8 Å². The summed E-state index contributed by atoms with van der Waals surface area (Å²) in [7, 11) is 4.16. The van der Waals surface area contributed by atoms with E-state index >= 15 is 0 Å². The molecule has 0 aliphatic rings. The van der Waals surface area contributed by atoms with E-state index in [-0.39, 0.29) is 5.54 Å². The molecule has 0 aromatic rings. The maximum absolute atomic E-state index is 5.91. The lowest BCUT2D eigenvalue weighted by Gasteiger charge is -2.29. The zero-order valence-electron chi connectivity index (χ0n) is 9.45. The van der Waals surface area contributed by atoms with Crippen LogP contribution in [0.5, 0.6) is 0 Å². The molecule has 0 heterocycles. The zero-order valence-corrected chi connectivity index (χ0v) is 11.0. The Morgan fingerprint density at radius 2 is 1.79 bits per heavy atom. The van der Waals surface area contributed by atoms with Crippen LogP contribution in [0, 0.1) is 0 Å². The van der Waals surface area contributed by atoms with E-state index in [2.05, 4.69) is 31.2 Å². The summed E-state index contributed by atoms with van der Waals surface area (Å²) in [5, 5.41) is 3.45. The molecule has 0 saturated carbocycles. The van der Waals surface area contributed by atoms with Crippen LogP contribution in [-0.2, 0) is 0 Å². The third kappa shape index (κ3) is 5.40. The highest BCUT2D eigenvalue weighted by Crippen LogP contribution is 2.14. The summed E-state index contributed by atoms with van der Waals surface area (Å²) in [6, 6.07) is 0. The molecule has 0 aromatic heterocycles. The van der Waals surface area contributed by atoms with Crippen molar-refractivity contribution in [2.45, 2.75) is 25.3 Å². The number of nitrogens with one attached hydrogen (secondary N) is 1. The molecule has 2 nitrogen and oxygen atoms in total. The van der Waals surface area contributed by atoms with E-state index in [1.54, 1.807) is 0 Å². The van der Waals surface area contributed by atoms with Crippen molar-refractivity contribution in [1.82, 2.24) is 10.2 Å². The fourth-order valence-corrected chi connectivity index (χ4v) is 2.05. The predicted molar refractivity (Wildman–Crippen MR) is 65.6 cm³/mol. The van der Waals surface area contributed by atoms with Crippen molar-refractivity contribution < 1.29 is 0 Å². The fraction of sp³-hybridized carbons (Fsp3) is 1.00. The van der Waals surface area contributed by atoms with Crippen molar-refractivity contribution >= 4 is 23.2 Å². The average Bonchev–Trinajstić information content (AvgIpc) is 2.19. The van der Waals surface area contributed by atoms with E-state index in [9.17, 15) is 0 Å². The van der Waals surface area contributed by atoms with Crippen molar-refractivity contribution in [3.8, 4) is 0 Å². The Hall–Kier alpha value is 0.500. The highest BCUT2D eigenvalue weighted by Gasteiger charge is 2.24. The second-order valence-corrected chi connectivity index (χ2v) is 4.52. The third-order valence-electron chi connectivity index (χ3n) is 2.47. The third-order valence-corrected chi connectivity index (χ3v) is 3.49. The summed E-state index contributed by atoms with van der Waals surface area (Å²) in [6.07, 6.45) is 2.10. The highest BCUT2D eigenvalue weighted by atomic mass is 35.5. The van der Waals surface area contributed by atoms with Crippen LogP contribution in [0.25, 0.3) is 0 Å². The molecule has 0 saturated heterocycles. The lowest BCUT2D eigenvalue weighted by Crippen LogP contribution is -2.49. The molecule has 0 fully saturated rings. The van der Waals surface area contributed by atoms with Gasteiger partial charge in [-0.3, -0.25) is 0 Å². The van der Waals surface area contributed by atoms with Gasteiger partial charge in [-0.25, -0.2) is 0 Å². The molecule has 14 heavy (non-hydrogen) atoms. The molecule has 0 aromatic carbocycles. The van der Waals surface area contributed by atoms with Gasteiger partial charge in [0.1, 0.15) is 0 Å². The molecule has 4 heteroatoms. The first-order valence-corrected chi connectivity index (χ1v) is 6.19. The first kappa shape index (κ1) is 14.5. The predicted octanol–water partition coefficient (Wildman–Crippen LogP) is 2.15. The molecule has 0 spiro atoms. The molecule has 0 amide bonds. The van der Waals surface area contributed by atoms with Gasteiger partial charge in [-0.05, 0) is 40.0 Å². The van der Waals surface area contributed by atoms with Gasteiger partial charge in [-0.15, -0.1) is 23.2 Å². The Morgan fingerprint density at radius 1 is 1.21 bits per heavy atom. The van der Waals surface area contributed by atoms with Gasteiger partial charge in [-0.2, -0.15) is 0 Å². The fourth-order valence-electron chi connectivity index (χ4n) is 1.19. The number of halogens is 2. The summed E-state index contributed by atoms with van der Waals surface area (Å²) in [5.41, 5.74) is -0.0740. The van der Waals surface area contributed by atoms with Crippen LogP contribution in [0.2, 0.25) is 0 Å². The second-order valence-electron chi connectivity index (χ2n) is 3.98. The second kappa shape index (κ2) is 7.75. The minimum atomic E-state index is -0.0740. The maximum Gasteiger partial charge on any atom is 0.0451 e.